The van der Waals surface area contributed by atoms with Gasteiger partial charge in [0.1, 0.15) is 10.8 Å². The third kappa shape index (κ3) is 3.96. The lowest BCUT2D eigenvalue weighted by Gasteiger charge is -2.20. The molecule has 0 aliphatic carbocycles. The van der Waals surface area contributed by atoms with E-state index in [0.717, 1.165) is 38.1 Å². The normalized spacial score (nSPS) is 19.0. The Bertz CT molecular complexity index is 461. The molecule has 0 saturated carbocycles. The molecule has 0 radical (unpaired) electrons. The quantitative estimate of drug-likeness (QED) is 0.839. The zero-order valence-corrected chi connectivity index (χ0v) is 11.9. The van der Waals surface area contributed by atoms with E-state index in [4.69, 9.17) is 22.7 Å². The molecular formula is C14H19FN2OS. The van der Waals surface area contributed by atoms with Crippen LogP contribution in [-0.4, -0.2) is 36.2 Å². The van der Waals surface area contributed by atoms with E-state index in [-0.39, 0.29) is 10.8 Å². The number of hydrogen-bond acceptors (Lipinski definition) is 3. The summed E-state index contributed by atoms with van der Waals surface area (Å²) in [6, 6.07) is 4.91. The van der Waals surface area contributed by atoms with Gasteiger partial charge in [0.15, 0.2) is 0 Å². The van der Waals surface area contributed by atoms with Crippen molar-refractivity contribution in [1.82, 2.24) is 4.90 Å². The Morgan fingerprint density at radius 1 is 1.58 bits per heavy atom. The highest BCUT2D eigenvalue weighted by atomic mass is 32.1. The smallest absolute Gasteiger partial charge is 0.133 e. The molecule has 0 bridgehead atoms. The molecule has 2 N–H and O–H groups in total. The molecule has 0 aromatic heterocycles. The van der Waals surface area contributed by atoms with Gasteiger partial charge in [-0.1, -0.05) is 18.3 Å². The lowest BCUT2D eigenvalue weighted by Crippen LogP contribution is -2.28. The van der Waals surface area contributed by atoms with E-state index in [1.165, 1.54) is 6.07 Å². The van der Waals surface area contributed by atoms with Gasteiger partial charge in [-0.2, -0.15) is 0 Å². The number of hydrogen-bond donors (Lipinski definition) is 1. The fourth-order valence-corrected chi connectivity index (χ4v) is 2.53. The fraction of sp³-hybridized carbons (Fsp3) is 0.500. The van der Waals surface area contributed by atoms with Crippen molar-refractivity contribution in [2.75, 3.05) is 20.2 Å². The summed E-state index contributed by atoms with van der Waals surface area (Å²) >= 11 is 4.84. The van der Waals surface area contributed by atoms with E-state index in [2.05, 4.69) is 4.90 Å². The van der Waals surface area contributed by atoms with Crippen LogP contribution >= 0.6 is 12.2 Å². The zero-order chi connectivity index (χ0) is 13.8. The van der Waals surface area contributed by atoms with Crippen molar-refractivity contribution in [1.29, 1.82) is 0 Å². The van der Waals surface area contributed by atoms with Gasteiger partial charge in [0, 0.05) is 25.3 Å². The molecule has 0 amide bonds. The molecule has 5 heteroatoms. The topological polar surface area (TPSA) is 38.5 Å². The molecule has 19 heavy (non-hydrogen) atoms. The van der Waals surface area contributed by atoms with Crippen LogP contribution < -0.4 is 5.73 Å². The summed E-state index contributed by atoms with van der Waals surface area (Å²) in [5.41, 5.74) is 6.83. The van der Waals surface area contributed by atoms with E-state index >= 15 is 0 Å². The minimum Gasteiger partial charge on any atom is -0.389 e. The molecule has 104 valence electrons. The summed E-state index contributed by atoms with van der Waals surface area (Å²) in [6.07, 6.45) is 2.58. The molecular weight excluding hydrogens is 263 g/mol. The van der Waals surface area contributed by atoms with Crippen molar-refractivity contribution in [3.05, 3.63) is 35.1 Å². The van der Waals surface area contributed by atoms with Gasteiger partial charge in [-0.05, 0) is 37.6 Å². The van der Waals surface area contributed by atoms with Gasteiger partial charge in [-0.15, -0.1) is 0 Å². The Morgan fingerprint density at radius 3 is 3.00 bits per heavy atom. The molecule has 1 aromatic carbocycles. The first-order valence-electron chi connectivity index (χ1n) is 6.44. The number of benzene rings is 1. The summed E-state index contributed by atoms with van der Waals surface area (Å²) in [6.45, 7) is 2.48. The number of nitrogens with zero attached hydrogens (tertiary/aromatic N) is 1. The average molecular weight is 282 g/mol. The second-order valence-electron chi connectivity index (χ2n) is 5.01. The number of ether oxygens (including phenoxy) is 1. The second kappa shape index (κ2) is 6.41. The first-order valence-corrected chi connectivity index (χ1v) is 6.85. The molecule has 2 rings (SSSR count). The predicted molar refractivity (Wildman–Crippen MR) is 77.6 cm³/mol. The van der Waals surface area contributed by atoms with Crippen molar-refractivity contribution >= 4 is 17.2 Å². The summed E-state index contributed by atoms with van der Waals surface area (Å²) < 4.78 is 19.1. The molecule has 1 atom stereocenters. The largest absolute Gasteiger partial charge is 0.389 e. The lowest BCUT2D eigenvalue weighted by atomic mass is 10.1. The predicted octanol–water partition coefficient (Wildman–Crippen LogP) is 2.07. The highest BCUT2D eigenvalue weighted by molar-refractivity contribution is 7.80. The van der Waals surface area contributed by atoms with Gasteiger partial charge < -0.3 is 10.5 Å². The monoisotopic (exact) mass is 282 g/mol. The minimum atomic E-state index is -0.363. The van der Waals surface area contributed by atoms with Crippen molar-refractivity contribution in [2.24, 2.45) is 5.73 Å². The second-order valence-corrected chi connectivity index (χ2v) is 5.45. The van der Waals surface area contributed by atoms with Gasteiger partial charge >= 0.3 is 0 Å². The molecule has 1 aliphatic rings. The first kappa shape index (κ1) is 14.4. The summed E-state index contributed by atoms with van der Waals surface area (Å²) in [5, 5.41) is 0. The lowest BCUT2D eigenvalue weighted by molar-refractivity contribution is 0.0793. The Hall–Kier alpha value is -1.04. The Morgan fingerprint density at radius 2 is 2.37 bits per heavy atom. The molecule has 1 saturated heterocycles. The molecule has 1 unspecified atom stereocenters. The molecule has 1 aliphatic heterocycles. The zero-order valence-electron chi connectivity index (χ0n) is 11.1. The van der Waals surface area contributed by atoms with Gasteiger partial charge in [0.05, 0.1) is 6.10 Å². The summed E-state index contributed by atoms with van der Waals surface area (Å²) in [7, 11) is 2.03. The van der Waals surface area contributed by atoms with Gasteiger partial charge in [-0.25, -0.2) is 4.39 Å². The Kier molecular flexibility index (Phi) is 4.85. The van der Waals surface area contributed by atoms with Crippen LogP contribution in [0.25, 0.3) is 0 Å². The maximum Gasteiger partial charge on any atom is 0.133 e. The van der Waals surface area contributed by atoms with E-state index in [0.29, 0.717) is 11.7 Å². The molecule has 1 heterocycles. The standard InChI is InChI=1S/C14H19FN2OS/c1-17(9-11-3-2-6-18-11)8-10-4-5-13(15)12(7-10)14(16)19/h4-5,7,11H,2-3,6,8-9H2,1H3,(H2,16,19). The van der Waals surface area contributed by atoms with Crippen LogP contribution in [0, 0.1) is 5.82 Å². The molecule has 0 spiro atoms. The molecule has 1 fully saturated rings. The van der Waals surface area contributed by atoms with Crippen molar-refractivity contribution in [3.63, 3.8) is 0 Å². The number of likely N-dealkylation sites (N-methyl/N-ethyl adjacent to an activating group) is 1. The van der Waals surface area contributed by atoms with Gasteiger partial charge in [-0.3, -0.25) is 4.90 Å². The maximum absolute atomic E-state index is 13.5. The van der Waals surface area contributed by atoms with E-state index in [9.17, 15) is 4.39 Å². The highest BCUT2D eigenvalue weighted by Crippen LogP contribution is 2.15. The first-order chi connectivity index (χ1) is 9.06. The van der Waals surface area contributed by atoms with Gasteiger partial charge in [0.25, 0.3) is 0 Å². The average Bonchev–Trinajstić information content (AvgIpc) is 2.84. The number of rotatable bonds is 5. The highest BCUT2D eigenvalue weighted by Gasteiger charge is 2.17. The van der Waals surface area contributed by atoms with Crippen molar-refractivity contribution < 1.29 is 9.13 Å². The van der Waals surface area contributed by atoms with Crippen LogP contribution in [0.1, 0.15) is 24.0 Å². The third-order valence-corrected chi connectivity index (χ3v) is 3.51. The van der Waals surface area contributed by atoms with Gasteiger partial charge in [0.2, 0.25) is 0 Å². The fourth-order valence-electron chi connectivity index (χ4n) is 2.37. The number of halogens is 1. The van der Waals surface area contributed by atoms with E-state index in [1.807, 2.05) is 7.05 Å². The summed E-state index contributed by atoms with van der Waals surface area (Å²) in [5.74, 6) is -0.363. The van der Waals surface area contributed by atoms with Crippen LogP contribution in [-0.2, 0) is 11.3 Å². The Labute approximate surface area is 118 Å². The van der Waals surface area contributed by atoms with E-state index < -0.39 is 0 Å². The number of thiocarbonyl (C=S) groups is 1. The number of nitrogens with two attached hydrogens (primary N) is 1. The summed E-state index contributed by atoms with van der Waals surface area (Å²) in [4.78, 5) is 2.27. The van der Waals surface area contributed by atoms with Crippen LogP contribution in [0.3, 0.4) is 0 Å². The van der Waals surface area contributed by atoms with E-state index in [1.54, 1.807) is 12.1 Å². The molecule has 1 aromatic rings. The molecule has 3 nitrogen and oxygen atoms in total. The van der Waals surface area contributed by atoms with Crippen LogP contribution in [0.4, 0.5) is 4.39 Å². The maximum atomic E-state index is 13.5. The van der Waals surface area contributed by atoms with Crippen LogP contribution in [0.2, 0.25) is 0 Å². The SMILES string of the molecule is CN(Cc1ccc(F)c(C(N)=S)c1)CC1CCCO1. The van der Waals surface area contributed by atoms with Crippen LogP contribution in [0.5, 0.6) is 0 Å². The Balaban J connectivity index is 1.98. The van der Waals surface area contributed by atoms with Crippen molar-refractivity contribution in [2.45, 2.75) is 25.5 Å². The van der Waals surface area contributed by atoms with Crippen molar-refractivity contribution in [3.8, 4) is 0 Å². The van der Waals surface area contributed by atoms with Crippen LogP contribution in [0.15, 0.2) is 18.2 Å². The minimum absolute atomic E-state index is 0.0983. The third-order valence-electron chi connectivity index (χ3n) is 3.29.